The van der Waals surface area contributed by atoms with Crippen molar-refractivity contribution < 1.29 is 9.53 Å². The lowest BCUT2D eigenvalue weighted by Gasteiger charge is -2.19. The van der Waals surface area contributed by atoms with Crippen LogP contribution in [0.3, 0.4) is 0 Å². The second-order valence-corrected chi connectivity index (χ2v) is 4.61. The molecule has 0 spiro atoms. The third kappa shape index (κ3) is 3.22. The Bertz CT molecular complexity index is 546. The van der Waals surface area contributed by atoms with Gasteiger partial charge in [0.25, 0.3) is 0 Å². The van der Waals surface area contributed by atoms with Crippen LogP contribution in [-0.2, 0) is 4.79 Å². The summed E-state index contributed by atoms with van der Waals surface area (Å²) in [5.74, 6) is 1.06. The van der Waals surface area contributed by atoms with E-state index in [1.807, 2.05) is 42.5 Å². The van der Waals surface area contributed by atoms with E-state index < -0.39 is 0 Å². The molecule has 2 heteroatoms. The topological polar surface area (TPSA) is 26.3 Å². The summed E-state index contributed by atoms with van der Waals surface area (Å²) in [4.78, 5) is 11.6. The number of benzene rings is 2. The Hall–Kier alpha value is -2.09. The van der Waals surface area contributed by atoms with Crippen LogP contribution in [0, 0.1) is 0 Å². The Morgan fingerprint density at radius 3 is 2.32 bits per heavy atom. The van der Waals surface area contributed by atoms with E-state index >= 15 is 0 Å². The van der Waals surface area contributed by atoms with Gasteiger partial charge in [-0.1, -0.05) is 48.5 Å². The maximum Gasteiger partial charge on any atom is 0.130 e. The number of rotatable bonds is 5. The zero-order chi connectivity index (χ0) is 13.7. The first kappa shape index (κ1) is 13.3. The summed E-state index contributed by atoms with van der Waals surface area (Å²) < 4.78 is 5.42. The Morgan fingerprint density at radius 1 is 1.05 bits per heavy atom. The summed E-state index contributed by atoms with van der Waals surface area (Å²) in [6, 6.07) is 18.0. The molecule has 2 aromatic carbocycles. The molecule has 0 fully saturated rings. The third-order valence-corrected chi connectivity index (χ3v) is 3.21. The van der Waals surface area contributed by atoms with Gasteiger partial charge in [0.1, 0.15) is 11.5 Å². The van der Waals surface area contributed by atoms with Crippen LogP contribution in [0.25, 0.3) is 0 Å². The number of hydrogen-bond acceptors (Lipinski definition) is 2. The van der Waals surface area contributed by atoms with Gasteiger partial charge in [-0.25, -0.2) is 0 Å². The second-order valence-electron chi connectivity index (χ2n) is 4.61. The number of ether oxygens (including phenoxy) is 1. The lowest BCUT2D eigenvalue weighted by molar-refractivity contribution is -0.117. The Kier molecular flexibility index (Phi) is 4.35. The number of carbonyl (C=O) groups excluding carboxylic acids is 1. The molecule has 2 nitrogen and oxygen atoms in total. The first-order chi connectivity index (χ1) is 9.22. The Morgan fingerprint density at radius 2 is 1.68 bits per heavy atom. The number of Topliss-reactive ketones (excluding diaryl/α,β-unsaturated/α-hetero) is 1. The lowest BCUT2D eigenvalue weighted by Crippen LogP contribution is -2.07. The molecular weight excluding hydrogens is 236 g/mol. The molecule has 0 saturated heterocycles. The van der Waals surface area contributed by atoms with Crippen molar-refractivity contribution in [2.45, 2.75) is 19.3 Å². The molecule has 0 aliphatic heterocycles. The van der Waals surface area contributed by atoms with Gasteiger partial charge in [0.15, 0.2) is 0 Å². The van der Waals surface area contributed by atoms with E-state index in [4.69, 9.17) is 4.74 Å². The van der Waals surface area contributed by atoms with Gasteiger partial charge in [0.05, 0.1) is 7.11 Å². The molecule has 2 rings (SSSR count). The summed E-state index contributed by atoms with van der Waals surface area (Å²) >= 11 is 0. The van der Waals surface area contributed by atoms with Gasteiger partial charge >= 0.3 is 0 Å². The van der Waals surface area contributed by atoms with Crippen molar-refractivity contribution in [3.8, 4) is 5.75 Å². The molecule has 0 radical (unpaired) electrons. The van der Waals surface area contributed by atoms with Gasteiger partial charge in [0, 0.05) is 17.9 Å². The van der Waals surface area contributed by atoms with Crippen LogP contribution in [0.2, 0.25) is 0 Å². The first-order valence-corrected chi connectivity index (χ1v) is 6.39. The van der Waals surface area contributed by atoms with Crippen molar-refractivity contribution >= 4 is 5.78 Å². The highest BCUT2D eigenvalue weighted by atomic mass is 16.5. The van der Waals surface area contributed by atoms with Gasteiger partial charge in [-0.2, -0.15) is 0 Å². The van der Waals surface area contributed by atoms with Crippen LogP contribution in [-0.4, -0.2) is 12.9 Å². The van der Waals surface area contributed by atoms with E-state index in [-0.39, 0.29) is 11.7 Å². The molecule has 0 aliphatic carbocycles. The molecule has 0 saturated carbocycles. The first-order valence-electron chi connectivity index (χ1n) is 6.39. The zero-order valence-corrected chi connectivity index (χ0v) is 11.3. The van der Waals surface area contributed by atoms with Crippen molar-refractivity contribution in [1.82, 2.24) is 0 Å². The Labute approximate surface area is 114 Å². The summed E-state index contributed by atoms with van der Waals surface area (Å²) in [6.07, 6.45) is 0.490. The number of hydrogen-bond donors (Lipinski definition) is 0. The SMILES string of the molecule is COc1ccccc1[C@H](CC(C)=O)c1ccccc1. The molecule has 0 unspecified atom stereocenters. The van der Waals surface area contributed by atoms with E-state index in [9.17, 15) is 4.79 Å². The molecule has 0 amide bonds. The number of ketones is 1. The molecular formula is C17H18O2. The summed E-state index contributed by atoms with van der Waals surface area (Å²) in [5.41, 5.74) is 2.20. The normalized spacial score (nSPS) is 11.9. The third-order valence-electron chi connectivity index (χ3n) is 3.21. The van der Waals surface area contributed by atoms with Gasteiger partial charge in [-0.3, -0.25) is 4.79 Å². The molecule has 0 heterocycles. The zero-order valence-electron chi connectivity index (χ0n) is 11.3. The van der Waals surface area contributed by atoms with Gasteiger partial charge < -0.3 is 4.74 Å². The van der Waals surface area contributed by atoms with Crippen LogP contribution in [0.4, 0.5) is 0 Å². The molecule has 0 bridgehead atoms. The van der Waals surface area contributed by atoms with Crippen LogP contribution >= 0.6 is 0 Å². The summed E-state index contributed by atoms with van der Waals surface area (Å²) in [6.45, 7) is 1.63. The fourth-order valence-electron chi connectivity index (χ4n) is 2.33. The van der Waals surface area contributed by atoms with Crippen molar-refractivity contribution in [3.63, 3.8) is 0 Å². The molecule has 98 valence electrons. The van der Waals surface area contributed by atoms with Gasteiger partial charge in [-0.15, -0.1) is 0 Å². The molecule has 0 aliphatic rings. The number of methoxy groups -OCH3 is 1. The smallest absolute Gasteiger partial charge is 0.130 e. The predicted molar refractivity (Wildman–Crippen MR) is 76.6 cm³/mol. The Balaban J connectivity index is 2.46. The van der Waals surface area contributed by atoms with Crippen LogP contribution < -0.4 is 4.74 Å². The summed E-state index contributed by atoms with van der Waals surface area (Å²) in [5, 5.41) is 0. The van der Waals surface area contributed by atoms with E-state index in [1.165, 1.54) is 0 Å². The van der Waals surface area contributed by atoms with Crippen molar-refractivity contribution in [2.24, 2.45) is 0 Å². The molecule has 0 aromatic heterocycles. The molecule has 0 N–H and O–H groups in total. The maximum absolute atomic E-state index is 11.6. The predicted octanol–water partition coefficient (Wildman–Crippen LogP) is 3.81. The highest BCUT2D eigenvalue weighted by Gasteiger charge is 2.19. The van der Waals surface area contributed by atoms with Crippen LogP contribution in [0.1, 0.15) is 30.4 Å². The minimum Gasteiger partial charge on any atom is -0.496 e. The second kappa shape index (κ2) is 6.19. The maximum atomic E-state index is 11.6. The van der Waals surface area contributed by atoms with Crippen molar-refractivity contribution in [1.29, 1.82) is 0 Å². The average Bonchev–Trinajstić information content (AvgIpc) is 2.45. The van der Waals surface area contributed by atoms with Gasteiger partial charge in [-0.05, 0) is 18.6 Å². The van der Waals surface area contributed by atoms with E-state index in [0.29, 0.717) is 6.42 Å². The van der Waals surface area contributed by atoms with Crippen LogP contribution in [0.5, 0.6) is 5.75 Å². The highest BCUT2D eigenvalue weighted by Crippen LogP contribution is 2.34. The van der Waals surface area contributed by atoms with Crippen molar-refractivity contribution in [2.75, 3.05) is 7.11 Å². The van der Waals surface area contributed by atoms with Gasteiger partial charge in [0.2, 0.25) is 0 Å². The lowest BCUT2D eigenvalue weighted by atomic mass is 9.87. The molecule has 19 heavy (non-hydrogen) atoms. The monoisotopic (exact) mass is 254 g/mol. The fourth-order valence-corrected chi connectivity index (χ4v) is 2.33. The fraction of sp³-hybridized carbons (Fsp3) is 0.235. The minimum atomic E-state index is 0.0508. The van der Waals surface area contributed by atoms with Crippen LogP contribution in [0.15, 0.2) is 54.6 Å². The number of para-hydroxylation sites is 1. The van der Waals surface area contributed by atoms with E-state index in [2.05, 4.69) is 12.1 Å². The minimum absolute atomic E-state index is 0.0508. The standard InChI is InChI=1S/C17H18O2/c1-13(18)12-16(14-8-4-3-5-9-14)15-10-6-7-11-17(15)19-2/h3-11,16H,12H2,1-2H3/t16-/m1/s1. The molecule has 2 aromatic rings. The van der Waals surface area contributed by atoms with Crippen molar-refractivity contribution in [3.05, 3.63) is 65.7 Å². The van der Waals surface area contributed by atoms with E-state index in [1.54, 1.807) is 14.0 Å². The quantitative estimate of drug-likeness (QED) is 0.811. The van der Waals surface area contributed by atoms with E-state index in [0.717, 1.165) is 16.9 Å². The average molecular weight is 254 g/mol. The summed E-state index contributed by atoms with van der Waals surface area (Å²) in [7, 11) is 1.66. The molecule has 1 atom stereocenters. The highest BCUT2D eigenvalue weighted by molar-refractivity contribution is 5.77. The number of carbonyl (C=O) groups is 1. The largest absolute Gasteiger partial charge is 0.496 e.